The maximum atomic E-state index is 12.4. The maximum Gasteiger partial charge on any atom is 0.258 e. The van der Waals surface area contributed by atoms with Gasteiger partial charge in [0, 0.05) is 4.90 Å². The molecule has 0 aliphatic carbocycles. The van der Waals surface area contributed by atoms with Gasteiger partial charge in [-0.2, -0.15) is 4.99 Å². The van der Waals surface area contributed by atoms with Gasteiger partial charge in [-0.3, -0.25) is 4.79 Å². The summed E-state index contributed by atoms with van der Waals surface area (Å²) in [5, 5.41) is 0. The largest absolute Gasteiger partial charge is 0.305 e. The van der Waals surface area contributed by atoms with Gasteiger partial charge in [-0.25, -0.2) is 0 Å². The Morgan fingerprint density at radius 1 is 1.19 bits per heavy atom. The number of hydrogen-bond acceptors (Lipinski definition) is 3. The first-order valence-electron chi connectivity index (χ1n) is 8.29. The van der Waals surface area contributed by atoms with Crippen LogP contribution < -0.4 is 4.80 Å². The molecule has 2 aromatic carbocycles. The zero-order valence-electron chi connectivity index (χ0n) is 15.1. The third-order valence-corrected chi connectivity index (χ3v) is 6.19. The second-order valence-electron chi connectivity index (χ2n) is 6.19. The lowest BCUT2D eigenvalue weighted by Gasteiger charge is -2.03. The molecule has 0 unspecified atom stereocenters. The van der Waals surface area contributed by atoms with Crippen LogP contribution in [0.1, 0.15) is 16.7 Å². The molecule has 0 atom stereocenters. The van der Waals surface area contributed by atoms with Crippen molar-refractivity contribution >= 4 is 39.2 Å². The van der Waals surface area contributed by atoms with Gasteiger partial charge >= 0.3 is 0 Å². The first-order valence-corrected chi connectivity index (χ1v) is 10.1. The smallest absolute Gasteiger partial charge is 0.258 e. The van der Waals surface area contributed by atoms with E-state index in [1.54, 1.807) is 0 Å². The lowest BCUT2D eigenvalue weighted by Crippen LogP contribution is -2.17. The highest BCUT2D eigenvalue weighted by atomic mass is 32.2. The molecule has 0 bridgehead atoms. The van der Waals surface area contributed by atoms with Gasteiger partial charge in [0.1, 0.15) is 0 Å². The summed E-state index contributed by atoms with van der Waals surface area (Å²) in [4.78, 5) is 18.4. The van der Waals surface area contributed by atoms with Crippen LogP contribution in [0.3, 0.4) is 0 Å². The summed E-state index contributed by atoms with van der Waals surface area (Å²) >= 11 is 3.01. The zero-order chi connectivity index (χ0) is 18.7. The van der Waals surface area contributed by atoms with Gasteiger partial charge in [0.05, 0.1) is 22.5 Å². The minimum Gasteiger partial charge on any atom is -0.305 e. The Morgan fingerprint density at radius 3 is 2.58 bits per heavy atom. The number of carbonyl (C=O) groups is 1. The van der Waals surface area contributed by atoms with E-state index in [2.05, 4.69) is 36.9 Å². The van der Waals surface area contributed by atoms with E-state index in [1.807, 2.05) is 35.8 Å². The van der Waals surface area contributed by atoms with E-state index in [9.17, 15) is 4.79 Å². The van der Waals surface area contributed by atoms with Gasteiger partial charge in [-0.05, 0) is 56.2 Å². The average molecular weight is 381 g/mol. The number of thioether (sulfide) groups is 1. The number of carbonyl (C=O) groups excluding carboxylic acids is 1. The van der Waals surface area contributed by atoms with Gasteiger partial charge in [-0.1, -0.05) is 35.0 Å². The summed E-state index contributed by atoms with van der Waals surface area (Å²) < 4.78 is 3.04. The second kappa shape index (κ2) is 7.94. The van der Waals surface area contributed by atoms with Crippen LogP contribution in [0.4, 0.5) is 0 Å². The van der Waals surface area contributed by atoms with E-state index in [-0.39, 0.29) is 5.91 Å². The quantitative estimate of drug-likeness (QED) is 0.494. The van der Waals surface area contributed by atoms with Crippen LogP contribution in [0.25, 0.3) is 10.2 Å². The van der Waals surface area contributed by atoms with Crippen molar-refractivity contribution in [3.8, 4) is 12.3 Å². The van der Waals surface area contributed by atoms with Crippen LogP contribution in [0.2, 0.25) is 0 Å². The van der Waals surface area contributed by atoms with Crippen molar-refractivity contribution in [3.05, 3.63) is 57.9 Å². The fraction of sp³-hybridized carbons (Fsp3) is 0.238. The molecule has 3 nitrogen and oxygen atoms in total. The van der Waals surface area contributed by atoms with Crippen LogP contribution in [0.5, 0.6) is 0 Å². The molecule has 26 heavy (non-hydrogen) atoms. The molecule has 1 heterocycles. The molecule has 0 radical (unpaired) electrons. The van der Waals surface area contributed by atoms with E-state index in [0.717, 1.165) is 15.1 Å². The number of fused-ring (bicyclic) bond motifs is 1. The Labute approximate surface area is 161 Å². The normalized spacial score (nSPS) is 11.7. The van der Waals surface area contributed by atoms with E-state index in [1.165, 1.54) is 39.8 Å². The van der Waals surface area contributed by atoms with E-state index < -0.39 is 0 Å². The SMILES string of the molecule is C#CCn1c(=NC(=O)CSc2ccc(C)cc2)sc2cc(C)c(C)cc21. The lowest BCUT2D eigenvalue weighted by atomic mass is 10.1. The number of aryl methyl sites for hydroxylation is 3. The topological polar surface area (TPSA) is 34.4 Å². The molecule has 1 aromatic heterocycles. The first kappa shape index (κ1) is 18.5. The van der Waals surface area contributed by atoms with E-state index >= 15 is 0 Å². The lowest BCUT2D eigenvalue weighted by molar-refractivity contribution is -0.115. The fourth-order valence-corrected chi connectivity index (χ4v) is 4.38. The molecule has 0 spiro atoms. The Bertz CT molecular complexity index is 1070. The molecular formula is C21H20N2OS2. The van der Waals surface area contributed by atoms with Crippen molar-refractivity contribution in [2.24, 2.45) is 4.99 Å². The zero-order valence-corrected chi connectivity index (χ0v) is 16.7. The maximum absolute atomic E-state index is 12.4. The number of aromatic nitrogens is 1. The van der Waals surface area contributed by atoms with Gasteiger partial charge in [0.25, 0.3) is 5.91 Å². The average Bonchev–Trinajstić information content (AvgIpc) is 2.92. The van der Waals surface area contributed by atoms with Crippen LogP contribution >= 0.6 is 23.1 Å². The highest BCUT2D eigenvalue weighted by Gasteiger charge is 2.09. The minimum atomic E-state index is -0.152. The molecule has 0 saturated heterocycles. The van der Waals surface area contributed by atoms with Crippen molar-refractivity contribution in [2.75, 3.05) is 5.75 Å². The Balaban J connectivity index is 1.90. The van der Waals surface area contributed by atoms with Crippen molar-refractivity contribution in [1.82, 2.24) is 4.57 Å². The molecule has 3 rings (SSSR count). The van der Waals surface area contributed by atoms with Crippen LogP contribution in [0, 0.1) is 33.1 Å². The van der Waals surface area contributed by atoms with Gasteiger partial charge in [-0.15, -0.1) is 18.2 Å². The highest BCUT2D eigenvalue weighted by molar-refractivity contribution is 8.00. The van der Waals surface area contributed by atoms with Crippen molar-refractivity contribution in [3.63, 3.8) is 0 Å². The Hall–Kier alpha value is -2.29. The van der Waals surface area contributed by atoms with Gasteiger partial charge < -0.3 is 4.57 Å². The van der Waals surface area contributed by atoms with Crippen LogP contribution in [-0.2, 0) is 11.3 Å². The van der Waals surface area contributed by atoms with Crippen LogP contribution in [-0.4, -0.2) is 16.2 Å². The number of hydrogen-bond donors (Lipinski definition) is 0. The molecule has 0 aliphatic heterocycles. The molecule has 0 aliphatic rings. The predicted octanol–water partition coefficient (Wildman–Crippen LogP) is 4.48. The summed E-state index contributed by atoms with van der Waals surface area (Å²) in [5.74, 6) is 2.83. The Morgan fingerprint density at radius 2 is 1.88 bits per heavy atom. The molecular weight excluding hydrogens is 360 g/mol. The van der Waals surface area contributed by atoms with E-state index in [0.29, 0.717) is 17.1 Å². The summed E-state index contributed by atoms with van der Waals surface area (Å²) in [7, 11) is 0. The number of rotatable bonds is 4. The summed E-state index contributed by atoms with van der Waals surface area (Å²) in [6.07, 6.45) is 5.53. The summed E-state index contributed by atoms with van der Waals surface area (Å²) in [6.45, 7) is 6.61. The van der Waals surface area contributed by atoms with Crippen molar-refractivity contribution in [2.45, 2.75) is 32.2 Å². The third-order valence-electron chi connectivity index (χ3n) is 4.15. The molecule has 3 aromatic rings. The Kier molecular flexibility index (Phi) is 5.65. The molecule has 132 valence electrons. The molecule has 1 amide bonds. The number of terminal acetylenes is 1. The fourth-order valence-electron chi connectivity index (χ4n) is 2.57. The number of amides is 1. The minimum absolute atomic E-state index is 0.152. The highest BCUT2D eigenvalue weighted by Crippen LogP contribution is 2.22. The van der Waals surface area contributed by atoms with Gasteiger partial charge in [0.2, 0.25) is 0 Å². The standard InChI is InChI=1S/C21H20N2OS2/c1-5-10-23-18-11-15(3)16(4)12-19(18)26-21(23)22-20(24)13-25-17-8-6-14(2)7-9-17/h1,6-9,11-12H,10,13H2,2-4H3. The number of thiazole rings is 1. The molecule has 0 fully saturated rings. The second-order valence-corrected chi connectivity index (χ2v) is 8.24. The number of nitrogens with zero attached hydrogens (tertiary/aromatic N) is 2. The summed E-state index contributed by atoms with van der Waals surface area (Å²) in [6, 6.07) is 12.4. The molecule has 5 heteroatoms. The van der Waals surface area contributed by atoms with Gasteiger partial charge in [0.15, 0.2) is 4.80 Å². The van der Waals surface area contributed by atoms with Crippen molar-refractivity contribution < 1.29 is 4.79 Å². The first-order chi connectivity index (χ1) is 12.5. The van der Waals surface area contributed by atoms with Crippen LogP contribution in [0.15, 0.2) is 46.3 Å². The number of benzene rings is 2. The monoisotopic (exact) mass is 380 g/mol. The van der Waals surface area contributed by atoms with Crippen molar-refractivity contribution in [1.29, 1.82) is 0 Å². The van der Waals surface area contributed by atoms with E-state index in [4.69, 9.17) is 6.42 Å². The molecule has 0 N–H and O–H groups in total. The summed E-state index contributed by atoms with van der Waals surface area (Å²) in [5.41, 5.74) is 4.67. The predicted molar refractivity (Wildman–Crippen MR) is 111 cm³/mol. The molecule has 0 saturated carbocycles. The third kappa shape index (κ3) is 4.09.